The van der Waals surface area contributed by atoms with Crippen molar-refractivity contribution in [2.24, 2.45) is 0 Å². The average Bonchev–Trinajstić information content (AvgIpc) is 3.47. The van der Waals surface area contributed by atoms with Crippen molar-refractivity contribution in [3.05, 3.63) is 127 Å². The Labute approximate surface area is 215 Å². The second-order valence-corrected chi connectivity index (χ2v) is 12.7. The highest BCUT2D eigenvalue weighted by atomic mass is 32.1. The third-order valence-electron chi connectivity index (χ3n) is 7.37. The summed E-state index contributed by atoms with van der Waals surface area (Å²) in [5, 5.41) is 9.75. The zero-order chi connectivity index (χ0) is 23.6. The molecular formula is C34H21PS. The number of fused-ring (bicyclic) bond motifs is 7. The van der Waals surface area contributed by atoms with E-state index in [0.717, 1.165) is 0 Å². The largest absolute Gasteiger partial charge is 0.135 e. The smallest absolute Gasteiger partial charge is 0.0368 e. The molecule has 8 rings (SSSR count). The van der Waals surface area contributed by atoms with Gasteiger partial charge in [0, 0.05) is 20.2 Å². The molecule has 0 unspecified atom stereocenters. The van der Waals surface area contributed by atoms with Crippen LogP contribution in [-0.4, -0.2) is 0 Å². The average molecular weight is 493 g/mol. The SMILES string of the molecule is c1ccc(P(c2ccccc2)c2ccc3c(c2)sc2cc4c5c(cccc5c23)-c2ccccc2-4)cc1. The molecule has 6 aromatic carbocycles. The number of hydrogen-bond acceptors (Lipinski definition) is 1. The molecule has 7 aromatic rings. The van der Waals surface area contributed by atoms with Crippen molar-refractivity contribution < 1.29 is 0 Å². The van der Waals surface area contributed by atoms with Crippen molar-refractivity contribution in [1.82, 2.24) is 0 Å². The van der Waals surface area contributed by atoms with Crippen molar-refractivity contribution in [2.75, 3.05) is 0 Å². The molecule has 36 heavy (non-hydrogen) atoms. The van der Waals surface area contributed by atoms with Gasteiger partial charge in [-0.15, -0.1) is 11.3 Å². The molecule has 1 aromatic heterocycles. The van der Waals surface area contributed by atoms with Gasteiger partial charge in [-0.05, 0) is 69.0 Å². The van der Waals surface area contributed by atoms with Crippen LogP contribution >= 0.6 is 19.3 Å². The summed E-state index contributed by atoms with van der Waals surface area (Å²) < 4.78 is 2.75. The summed E-state index contributed by atoms with van der Waals surface area (Å²) in [6.45, 7) is 0. The summed E-state index contributed by atoms with van der Waals surface area (Å²) in [6.07, 6.45) is 0. The van der Waals surface area contributed by atoms with Gasteiger partial charge in [0.1, 0.15) is 0 Å². The van der Waals surface area contributed by atoms with Gasteiger partial charge in [-0.25, -0.2) is 0 Å². The molecule has 0 amide bonds. The molecule has 0 saturated heterocycles. The first-order valence-electron chi connectivity index (χ1n) is 12.3. The van der Waals surface area contributed by atoms with E-state index in [-0.39, 0.29) is 0 Å². The van der Waals surface area contributed by atoms with Crippen LogP contribution in [0.2, 0.25) is 0 Å². The number of thiophene rings is 1. The minimum Gasteiger partial charge on any atom is -0.135 e. The summed E-state index contributed by atoms with van der Waals surface area (Å²) in [5.41, 5.74) is 5.47. The lowest BCUT2D eigenvalue weighted by molar-refractivity contribution is 1.70. The van der Waals surface area contributed by atoms with Gasteiger partial charge in [0.15, 0.2) is 0 Å². The first-order chi connectivity index (χ1) is 17.9. The first kappa shape index (κ1) is 20.4. The Balaban J connectivity index is 1.39. The second kappa shape index (κ2) is 7.87. The highest BCUT2D eigenvalue weighted by Crippen LogP contribution is 2.51. The van der Waals surface area contributed by atoms with Crippen LogP contribution in [0.25, 0.3) is 53.2 Å². The van der Waals surface area contributed by atoms with E-state index in [1.807, 2.05) is 11.3 Å². The lowest BCUT2D eigenvalue weighted by Gasteiger charge is -2.19. The van der Waals surface area contributed by atoms with Crippen molar-refractivity contribution in [3.8, 4) is 22.3 Å². The van der Waals surface area contributed by atoms with Gasteiger partial charge in [0.25, 0.3) is 0 Å². The Morgan fingerprint density at radius 2 is 1.03 bits per heavy atom. The van der Waals surface area contributed by atoms with Gasteiger partial charge in [-0.2, -0.15) is 0 Å². The molecule has 1 heterocycles. The fourth-order valence-electron chi connectivity index (χ4n) is 5.87. The number of hydrogen-bond donors (Lipinski definition) is 0. The van der Waals surface area contributed by atoms with E-state index in [0.29, 0.717) is 0 Å². The van der Waals surface area contributed by atoms with E-state index in [1.165, 1.54) is 69.1 Å². The minimum atomic E-state index is -0.611. The van der Waals surface area contributed by atoms with Gasteiger partial charge < -0.3 is 0 Å². The highest BCUT2D eigenvalue weighted by Gasteiger charge is 2.24. The maximum Gasteiger partial charge on any atom is 0.0368 e. The third-order valence-corrected chi connectivity index (χ3v) is 10.9. The molecule has 0 radical (unpaired) electrons. The number of rotatable bonds is 3. The highest BCUT2D eigenvalue weighted by molar-refractivity contribution is 7.79. The summed E-state index contributed by atoms with van der Waals surface area (Å²) in [5.74, 6) is 0. The zero-order valence-electron chi connectivity index (χ0n) is 19.5. The fraction of sp³-hybridized carbons (Fsp3) is 0. The first-order valence-corrected chi connectivity index (χ1v) is 14.4. The predicted molar refractivity (Wildman–Crippen MR) is 160 cm³/mol. The second-order valence-electron chi connectivity index (χ2n) is 9.36. The van der Waals surface area contributed by atoms with Gasteiger partial charge in [-0.1, -0.05) is 115 Å². The van der Waals surface area contributed by atoms with E-state index in [4.69, 9.17) is 0 Å². The van der Waals surface area contributed by atoms with Crippen molar-refractivity contribution in [3.63, 3.8) is 0 Å². The standard InChI is InChI=1S/C34H21PS/c1-3-10-22(11-4-1)35(23-12-5-2-6-13-23)24-18-19-28-31(20-24)36-32-21-30-26-15-8-7-14-25(26)27-16-9-17-29(33(27)30)34(28)32/h1-21H. The van der Waals surface area contributed by atoms with Crippen LogP contribution in [0.4, 0.5) is 0 Å². The van der Waals surface area contributed by atoms with Crippen LogP contribution in [0.1, 0.15) is 0 Å². The van der Waals surface area contributed by atoms with Crippen molar-refractivity contribution in [1.29, 1.82) is 0 Å². The zero-order valence-corrected chi connectivity index (χ0v) is 21.2. The Kier molecular flexibility index (Phi) is 4.46. The van der Waals surface area contributed by atoms with E-state index < -0.39 is 7.92 Å². The Morgan fingerprint density at radius 1 is 0.389 bits per heavy atom. The number of benzene rings is 6. The fourth-order valence-corrected chi connectivity index (χ4v) is 9.47. The van der Waals surface area contributed by atoms with Crippen LogP contribution in [0.15, 0.2) is 127 Å². The van der Waals surface area contributed by atoms with Crippen LogP contribution in [-0.2, 0) is 0 Å². The van der Waals surface area contributed by atoms with Gasteiger partial charge >= 0.3 is 0 Å². The predicted octanol–water partition coefficient (Wildman–Crippen LogP) is 8.61. The monoisotopic (exact) mass is 492 g/mol. The van der Waals surface area contributed by atoms with Crippen molar-refractivity contribution in [2.45, 2.75) is 0 Å². The van der Waals surface area contributed by atoms with Crippen LogP contribution in [0.5, 0.6) is 0 Å². The normalized spacial score (nSPS) is 12.1. The molecule has 0 N–H and O–H groups in total. The molecule has 1 aliphatic carbocycles. The van der Waals surface area contributed by atoms with Gasteiger partial charge in [0.2, 0.25) is 0 Å². The molecule has 0 fully saturated rings. The molecule has 0 aliphatic heterocycles. The topological polar surface area (TPSA) is 0 Å². The summed E-state index contributed by atoms with van der Waals surface area (Å²) in [4.78, 5) is 0. The molecule has 2 heteroatoms. The quantitative estimate of drug-likeness (QED) is 0.217. The third kappa shape index (κ3) is 2.91. The maximum atomic E-state index is 2.46. The van der Waals surface area contributed by atoms with E-state index in [2.05, 4.69) is 127 Å². The molecule has 0 atom stereocenters. The minimum absolute atomic E-state index is 0.611. The summed E-state index contributed by atoms with van der Waals surface area (Å²) >= 11 is 1.94. The molecule has 168 valence electrons. The molecule has 0 bridgehead atoms. The Hall–Kier alpha value is -3.77. The molecule has 1 aliphatic rings. The molecule has 0 spiro atoms. The molecule has 0 saturated carbocycles. The Morgan fingerprint density at radius 3 is 1.75 bits per heavy atom. The lowest BCUT2D eigenvalue weighted by Crippen LogP contribution is -2.20. The maximum absolute atomic E-state index is 2.46. The van der Waals surface area contributed by atoms with Gasteiger partial charge in [0.05, 0.1) is 0 Å². The molecule has 0 nitrogen and oxygen atoms in total. The van der Waals surface area contributed by atoms with Crippen LogP contribution in [0, 0.1) is 0 Å². The van der Waals surface area contributed by atoms with Crippen LogP contribution in [0.3, 0.4) is 0 Å². The molecular weight excluding hydrogens is 471 g/mol. The summed E-state index contributed by atoms with van der Waals surface area (Å²) in [6, 6.07) is 47.3. The van der Waals surface area contributed by atoms with Gasteiger partial charge in [-0.3, -0.25) is 0 Å². The van der Waals surface area contributed by atoms with E-state index >= 15 is 0 Å². The Bertz CT molecular complexity index is 1890. The van der Waals surface area contributed by atoms with E-state index in [9.17, 15) is 0 Å². The van der Waals surface area contributed by atoms with Crippen molar-refractivity contribution >= 4 is 66.1 Å². The van der Waals surface area contributed by atoms with Crippen LogP contribution < -0.4 is 15.9 Å². The van der Waals surface area contributed by atoms with E-state index in [1.54, 1.807) is 0 Å². The summed E-state index contributed by atoms with van der Waals surface area (Å²) in [7, 11) is -0.611. The lowest BCUT2D eigenvalue weighted by atomic mass is 9.98.